The van der Waals surface area contributed by atoms with E-state index in [2.05, 4.69) is 5.32 Å². The largest absolute Gasteiger partial charge is 0.467 e. The summed E-state index contributed by atoms with van der Waals surface area (Å²) in [5.74, 6) is -2.01. The molecule has 1 aliphatic heterocycles. The van der Waals surface area contributed by atoms with Crippen molar-refractivity contribution in [1.82, 2.24) is 4.90 Å². The summed E-state index contributed by atoms with van der Waals surface area (Å²) in [5.41, 5.74) is 0.205. The van der Waals surface area contributed by atoms with E-state index in [9.17, 15) is 18.8 Å². The fraction of sp³-hybridized carbons (Fsp3) is 0.316. The number of anilines is 1. The molecule has 2 atom stereocenters. The summed E-state index contributed by atoms with van der Waals surface area (Å²) in [5, 5.41) is 2.51. The molecule has 0 aliphatic carbocycles. The summed E-state index contributed by atoms with van der Waals surface area (Å²) in [6.45, 7) is 1.87. The summed E-state index contributed by atoms with van der Waals surface area (Å²) in [6, 6.07) is 6.98. The van der Waals surface area contributed by atoms with Crippen molar-refractivity contribution in [2.75, 3.05) is 11.9 Å². The highest BCUT2D eigenvalue weighted by atomic mass is 35.5. The van der Waals surface area contributed by atoms with Gasteiger partial charge < -0.3 is 19.4 Å². The molecule has 148 valence electrons. The summed E-state index contributed by atoms with van der Waals surface area (Å²) in [7, 11) is 0. The number of carbonyl (C=O) groups excluding carboxylic acids is 3. The molecule has 1 saturated heterocycles. The predicted molar refractivity (Wildman–Crippen MR) is 97.8 cm³/mol. The molecule has 0 saturated carbocycles. The molecule has 2 aromatic rings. The van der Waals surface area contributed by atoms with Gasteiger partial charge in [0.15, 0.2) is 6.10 Å². The van der Waals surface area contributed by atoms with Crippen molar-refractivity contribution < 1.29 is 27.9 Å². The second kappa shape index (κ2) is 8.43. The second-order valence-corrected chi connectivity index (χ2v) is 6.85. The van der Waals surface area contributed by atoms with E-state index in [1.165, 1.54) is 24.2 Å². The highest BCUT2D eigenvalue weighted by Crippen LogP contribution is 2.24. The van der Waals surface area contributed by atoms with Crippen molar-refractivity contribution in [3.63, 3.8) is 0 Å². The van der Waals surface area contributed by atoms with Crippen LogP contribution in [-0.2, 0) is 25.7 Å². The van der Waals surface area contributed by atoms with Crippen molar-refractivity contribution in [2.45, 2.75) is 26.0 Å². The predicted octanol–water partition coefficient (Wildman–Crippen LogP) is 2.99. The van der Waals surface area contributed by atoms with Crippen molar-refractivity contribution in [1.29, 1.82) is 0 Å². The maximum atomic E-state index is 13.1. The topological polar surface area (TPSA) is 88.9 Å². The number of amides is 2. The molecule has 1 aliphatic rings. The molecule has 1 N–H and O–H groups in total. The monoisotopic (exact) mass is 408 g/mol. The molecule has 0 unspecified atom stereocenters. The molecule has 1 aromatic carbocycles. The van der Waals surface area contributed by atoms with Crippen LogP contribution in [0.4, 0.5) is 10.1 Å². The van der Waals surface area contributed by atoms with Crippen LogP contribution in [0.2, 0.25) is 5.02 Å². The molecular formula is C19H18ClFN2O5. The number of halogens is 2. The molecule has 1 fully saturated rings. The molecule has 7 nitrogen and oxygen atoms in total. The van der Waals surface area contributed by atoms with Crippen LogP contribution in [0, 0.1) is 11.7 Å². The number of nitrogens with zero attached hydrogens (tertiary/aromatic N) is 1. The zero-order valence-corrected chi connectivity index (χ0v) is 15.7. The van der Waals surface area contributed by atoms with E-state index in [1.54, 1.807) is 12.1 Å². The summed E-state index contributed by atoms with van der Waals surface area (Å²) < 4.78 is 23.5. The number of likely N-dealkylation sites (tertiary alicyclic amines) is 1. The Balaban J connectivity index is 1.53. The molecule has 28 heavy (non-hydrogen) atoms. The molecular weight excluding hydrogens is 391 g/mol. The molecule has 0 bridgehead atoms. The Bertz CT molecular complexity index is 886. The molecule has 1 aromatic heterocycles. The van der Waals surface area contributed by atoms with Crippen molar-refractivity contribution in [3.8, 4) is 0 Å². The maximum Gasteiger partial charge on any atom is 0.312 e. The lowest BCUT2D eigenvalue weighted by Gasteiger charge is -2.17. The number of benzene rings is 1. The van der Waals surface area contributed by atoms with Crippen LogP contribution in [0.5, 0.6) is 0 Å². The number of hydrogen-bond acceptors (Lipinski definition) is 5. The lowest BCUT2D eigenvalue weighted by molar-refractivity contribution is -0.157. The van der Waals surface area contributed by atoms with Gasteiger partial charge in [-0.15, -0.1) is 0 Å². The Hall–Kier alpha value is -2.87. The van der Waals surface area contributed by atoms with E-state index < -0.39 is 29.7 Å². The fourth-order valence-electron chi connectivity index (χ4n) is 2.82. The van der Waals surface area contributed by atoms with E-state index in [0.29, 0.717) is 5.76 Å². The van der Waals surface area contributed by atoms with E-state index in [-0.39, 0.29) is 36.1 Å². The quantitative estimate of drug-likeness (QED) is 0.742. The summed E-state index contributed by atoms with van der Waals surface area (Å²) in [6.07, 6.45) is 0.412. The minimum absolute atomic E-state index is 0.0116. The highest BCUT2D eigenvalue weighted by Gasteiger charge is 2.37. The minimum atomic E-state index is -1.11. The first kappa shape index (κ1) is 19.9. The molecule has 2 heterocycles. The fourth-order valence-corrected chi connectivity index (χ4v) is 3.04. The van der Waals surface area contributed by atoms with Gasteiger partial charge in [-0.3, -0.25) is 14.4 Å². The van der Waals surface area contributed by atoms with Gasteiger partial charge in [-0.2, -0.15) is 0 Å². The number of nitrogens with one attached hydrogen (secondary N) is 1. The van der Waals surface area contributed by atoms with Crippen molar-refractivity contribution in [2.24, 2.45) is 5.92 Å². The van der Waals surface area contributed by atoms with Gasteiger partial charge in [-0.05, 0) is 37.3 Å². The van der Waals surface area contributed by atoms with Crippen LogP contribution in [0.1, 0.15) is 19.1 Å². The van der Waals surface area contributed by atoms with E-state index in [4.69, 9.17) is 20.8 Å². The smallest absolute Gasteiger partial charge is 0.312 e. The molecule has 0 radical (unpaired) electrons. The van der Waals surface area contributed by atoms with Gasteiger partial charge in [0.05, 0.1) is 29.4 Å². The van der Waals surface area contributed by atoms with Gasteiger partial charge in [-0.25, -0.2) is 4.39 Å². The number of furan rings is 1. The number of hydrogen-bond donors (Lipinski definition) is 1. The average molecular weight is 409 g/mol. The van der Waals surface area contributed by atoms with Gasteiger partial charge in [0.2, 0.25) is 5.91 Å². The van der Waals surface area contributed by atoms with Crippen LogP contribution in [-0.4, -0.2) is 35.3 Å². The Morgan fingerprint density at radius 2 is 2.21 bits per heavy atom. The van der Waals surface area contributed by atoms with E-state index >= 15 is 0 Å². The molecule has 9 heteroatoms. The van der Waals surface area contributed by atoms with E-state index in [1.807, 2.05) is 0 Å². The third kappa shape index (κ3) is 4.69. The SMILES string of the molecule is C[C@H](OC(=O)[C@@H]1CC(=O)N(Cc2ccco2)C1)C(=O)Nc1ccc(F)cc1Cl. The van der Waals surface area contributed by atoms with Crippen LogP contribution < -0.4 is 5.32 Å². The minimum Gasteiger partial charge on any atom is -0.467 e. The number of esters is 1. The summed E-state index contributed by atoms with van der Waals surface area (Å²) >= 11 is 5.86. The van der Waals surface area contributed by atoms with E-state index in [0.717, 1.165) is 12.1 Å². The Kier molecular flexibility index (Phi) is 5.99. The van der Waals surface area contributed by atoms with Gasteiger partial charge in [0.1, 0.15) is 11.6 Å². The molecule has 2 amide bonds. The lowest BCUT2D eigenvalue weighted by atomic mass is 10.1. The first-order valence-electron chi connectivity index (χ1n) is 8.60. The van der Waals surface area contributed by atoms with Crippen LogP contribution in [0.25, 0.3) is 0 Å². The van der Waals surface area contributed by atoms with Crippen molar-refractivity contribution >= 4 is 35.1 Å². The number of ether oxygens (including phenoxy) is 1. The van der Waals surface area contributed by atoms with Gasteiger partial charge in [0.25, 0.3) is 5.91 Å². The molecule has 0 spiro atoms. The number of carbonyl (C=O) groups is 3. The normalized spacial score (nSPS) is 17.5. The van der Waals surface area contributed by atoms with Crippen LogP contribution in [0.3, 0.4) is 0 Å². The second-order valence-electron chi connectivity index (χ2n) is 6.45. The first-order valence-corrected chi connectivity index (χ1v) is 8.98. The third-order valence-electron chi connectivity index (χ3n) is 4.33. The zero-order chi connectivity index (χ0) is 20.3. The van der Waals surface area contributed by atoms with Crippen LogP contribution in [0.15, 0.2) is 41.0 Å². The standard InChI is InChI=1S/C19H18ClFN2O5/c1-11(18(25)22-16-5-4-13(21)8-15(16)20)28-19(26)12-7-17(24)23(9-12)10-14-3-2-6-27-14/h2-6,8,11-12H,7,9-10H2,1H3,(H,22,25)/t11-,12+/m0/s1. The Morgan fingerprint density at radius 3 is 2.89 bits per heavy atom. The summed E-state index contributed by atoms with van der Waals surface area (Å²) in [4.78, 5) is 38.1. The van der Waals surface area contributed by atoms with Gasteiger partial charge >= 0.3 is 5.97 Å². The molecule has 3 rings (SSSR count). The van der Waals surface area contributed by atoms with Gasteiger partial charge in [-0.1, -0.05) is 11.6 Å². The number of rotatable bonds is 6. The lowest BCUT2D eigenvalue weighted by Crippen LogP contribution is -2.33. The first-order chi connectivity index (χ1) is 13.3. The zero-order valence-electron chi connectivity index (χ0n) is 15.0. The third-order valence-corrected chi connectivity index (χ3v) is 4.64. The highest BCUT2D eigenvalue weighted by molar-refractivity contribution is 6.33. The maximum absolute atomic E-state index is 13.1. The average Bonchev–Trinajstić information content (AvgIpc) is 3.28. The Morgan fingerprint density at radius 1 is 1.43 bits per heavy atom. The van der Waals surface area contributed by atoms with Crippen LogP contribution >= 0.6 is 11.6 Å². The van der Waals surface area contributed by atoms with Gasteiger partial charge in [0, 0.05) is 13.0 Å². The Labute approximate surface area is 165 Å². The van der Waals surface area contributed by atoms with Crippen molar-refractivity contribution in [3.05, 3.63) is 53.2 Å².